The quantitative estimate of drug-likeness (QED) is 0.131. The number of nitrogens with two attached hydrogens (primary N) is 1. The molecule has 1 saturated heterocycles. The average Bonchev–Trinajstić information content (AvgIpc) is 3.62. The molecule has 5 N–H and O–H groups in total. The lowest BCUT2D eigenvalue weighted by Gasteiger charge is -2.33. The Morgan fingerprint density at radius 2 is 1.57 bits per heavy atom. The van der Waals surface area contributed by atoms with E-state index in [9.17, 15) is 29.1 Å². The van der Waals surface area contributed by atoms with E-state index in [-0.39, 0.29) is 26.0 Å². The first-order chi connectivity index (χ1) is 23.5. The summed E-state index contributed by atoms with van der Waals surface area (Å²) in [4.78, 5) is 66.1. The van der Waals surface area contributed by atoms with E-state index in [1.807, 2.05) is 60.7 Å². The van der Waals surface area contributed by atoms with Crippen molar-refractivity contribution in [1.29, 1.82) is 0 Å². The van der Waals surface area contributed by atoms with Gasteiger partial charge in [-0.15, -0.1) is 0 Å². The molecule has 0 unspecified atom stereocenters. The van der Waals surface area contributed by atoms with Crippen LogP contribution in [0.4, 0.5) is 0 Å². The fraction of sp³-hybridized carbons (Fsp3) is 0.395. The van der Waals surface area contributed by atoms with Crippen LogP contribution in [0.5, 0.6) is 0 Å². The molecule has 1 aliphatic heterocycles. The molecule has 1 fully saturated rings. The van der Waals surface area contributed by atoms with Crippen LogP contribution in [0.3, 0.4) is 0 Å². The number of carboxylic acids is 1. The number of nitrogens with zero attached hydrogens (tertiary/aromatic N) is 1. The van der Waals surface area contributed by atoms with Gasteiger partial charge in [-0.05, 0) is 74.3 Å². The highest BCUT2D eigenvalue weighted by molar-refractivity contribution is 5.96. The number of aliphatic carboxylic acids is 1. The molecule has 3 amide bonds. The second-order valence-corrected chi connectivity index (χ2v) is 12.6. The number of benzene rings is 3. The molecule has 49 heavy (non-hydrogen) atoms. The van der Waals surface area contributed by atoms with Gasteiger partial charge in [0.05, 0.1) is 18.2 Å². The monoisotopic (exact) mass is 670 g/mol. The summed E-state index contributed by atoms with van der Waals surface area (Å²) >= 11 is 0. The van der Waals surface area contributed by atoms with E-state index in [2.05, 4.69) is 10.6 Å². The van der Waals surface area contributed by atoms with E-state index in [0.717, 1.165) is 16.7 Å². The Morgan fingerprint density at radius 1 is 0.939 bits per heavy atom. The molecule has 0 saturated carbocycles. The van der Waals surface area contributed by atoms with E-state index < -0.39 is 53.3 Å². The van der Waals surface area contributed by atoms with Gasteiger partial charge < -0.3 is 31.1 Å². The summed E-state index contributed by atoms with van der Waals surface area (Å²) in [6.07, 6.45) is 2.56. The molecule has 3 aromatic carbocycles. The minimum Gasteiger partial charge on any atom is -0.480 e. The number of unbranched alkanes of at least 4 members (excludes halogenated alkanes) is 1. The lowest BCUT2D eigenvalue weighted by atomic mass is 9.94. The summed E-state index contributed by atoms with van der Waals surface area (Å²) in [5, 5.41) is 15.4. The molecule has 0 bridgehead atoms. The average molecular weight is 671 g/mol. The Kier molecular flexibility index (Phi) is 13.1. The van der Waals surface area contributed by atoms with Crippen LogP contribution in [0.25, 0.3) is 11.1 Å². The molecule has 11 nitrogen and oxygen atoms in total. The number of amides is 3. The van der Waals surface area contributed by atoms with Crippen molar-refractivity contribution in [2.45, 2.75) is 82.5 Å². The molecule has 0 aliphatic carbocycles. The van der Waals surface area contributed by atoms with Crippen LogP contribution in [-0.4, -0.2) is 76.5 Å². The van der Waals surface area contributed by atoms with Gasteiger partial charge in [0, 0.05) is 13.0 Å². The van der Waals surface area contributed by atoms with E-state index >= 15 is 0 Å². The maximum Gasteiger partial charge on any atom is 0.338 e. The number of rotatable bonds is 16. The number of ether oxygens (including phenoxy) is 1. The molecule has 0 radical (unpaired) electrons. The van der Waals surface area contributed by atoms with Crippen molar-refractivity contribution in [3.05, 3.63) is 96.1 Å². The number of esters is 1. The van der Waals surface area contributed by atoms with Crippen LogP contribution in [0.2, 0.25) is 0 Å². The molecule has 3 aromatic rings. The number of hydrogen-bond donors (Lipinski definition) is 4. The summed E-state index contributed by atoms with van der Waals surface area (Å²) in [5.41, 5.74) is 8.05. The van der Waals surface area contributed by atoms with Crippen LogP contribution in [0.15, 0.2) is 84.9 Å². The molecule has 4 atom stereocenters. The normalized spacial score (nSPS) is 16.6. The first kappa shape index (κ1) is 36.8. The van der Waals surface area contributed by atoms with Gasteiger partial charge in [0.1, 0.15) is 17.6 Å². The van der Waals surface area contributed by atoms with Crippen LogP contribution in [0, 0.1) is 0 Å². The first-order valence-corrected chi connectivity index (χ1v) is 16.8. The Morgan fingerprint density at radius 3 is 2.20 bits per heavy atom. The van der Waals surface area contributed by atoms with Crippen LogP contribution >= 0.6 is 0 Å². The zero-order valence-corrected chi connectivity index (χ0v) is 28.1. The summed E-state index contributed by atoms with van der Waals surface area (Å²) in [7, 11) is 0. The van der Waals surface area contributed by atoms with Gasteiger partial charge in [0.15, 0.2) is 0 Å². The minimum absolute atomic E-state index is 0.130. The van der Waals surface area contributed by atoms with Crippen LogP contribution in [0.1, 0.15) is 68.3 Å². The number of likely N-dealkylation sites (tertiary alicyclic amines) is 1. The van der Waals surface area contributed by atoms with Gasteiger partial charge in [0.25, 0.3) is 0 Å². The summed E-state index contributed by atoms with van der Waals surface area (Å²) < 4.78 is 5.28. The Labute approximate surface area is 287 Å². The van der Waals surface area contributed by atoms with Crippen molar-refractivity contribution in [3.63, 3.8) is 0 Å². The number of carbonyl (C=O) groups is 5. The molecule has 260 valence electrons. The van der Waals surface area contributed by atoms with E-state index in [1.165, 1.54) is 4.90 Å². The number of hydrogen-bond acceptors (Lipinski definition) is 7. The van der Waals surface area contributed by atoms with Crippen molar-refractivity contribution < 1.29 is 33.8 Å². The maximum absolute atomic E-state index is 13.8. The number of nitrogens with one attached hydrogen (secondary N) is 2. The molecule has 4 rings (SSSR count). The third kappa shape index (κ3) is 9.99. The predicted octanol–water partition coefficient (Wildman–Crippen LogP) is 4.10. The van der Waals surface area contributed by atoms with Gasteiger partial charge in [-0.25, -0.2) is 9.59 Å². The molecular formula is C38H46N4O7. The van der Waals surface area contributed by atoms with E-state index in [0.29, 0.717) is 37.7 Å². The lowest BCUT2D eigenvalue weighted by molar-refractivity contribution is -0.149. The van der Waals surface area contributed by atoms with Crippen molar-refractivity contribution >= 4 is 29.7 Å². The minimum atomic E-state index is -1.40. The largest absolute Gasteiger partial charge is 0.480 e. The second kappa shape index (κ2) is 17.4. The van der Waals surface area contributed by atoms with Crippen LogP contribution in [-0.2, 0) is 30.3 Å². The fourth-order valence-electron chi connectivity index (χ4n) is 5.79. The van der Waals surface area contributed by atoms with E-state index in [1.54, 1.807) is 38.1 Å². The third-order valence-electron chi connectivity index (χ3n) is 9.02. The number of carbonyl (C=O) groups excluding carboxylic acids is 4. The molecular weight excluding hydrogens is 624 g/mol. The Bertz CT molecular complexity index is 1580. The second-order valence-electron chi connectivity index (χ2n) is 12.6. The topological polar surface area (TPSA) is 168 Å². The molecule has 1 aliphatic rings. The zero-order chi connectivity index (χ0) is 35.4. The van der Waals surface area contributed by atoms with Crippen molar-refractivity contribution in [2.75, 3.05) is 13.2 Å². The van der Waals surface area contributed by atoms with Gasteiger partial charge in [0.2, 0.25) is 17.7 Å². The zero-order valence-electron chi connectivity index (χ0n) is 28.1. The van der Waals surface area contributed by atoms with E-state index in [4.69, 9.17) is 10.5 Å². The fourth-order valence-corrected chi connectivity index (χ4v) is 5.79. The molecule has 0 aromatic heterocycles. The highest BCUT2D eigenvalue weighted by atomic mass is 16.5. The van der Waals surface area contributed by atoms with Crippen molar-refractivity contribution in [2.24, 2.45) is 5.73 Å². The summed E-state index contributed by atoms with van der Waals surface area (Å²) in [5.74, 6) is -3.09. The lowest BCUT2D eigenvalue weighted by Crippen LogP contribution is -2.63. The highest BCUT2D eigenvalue weighted by Crippen LogP contribution is 2.23. The van der Waals surface area contributed by atoms with Gasteiger partial charge in [-0.3, -0.25) is 14.4 Å². The van der Waals surface area contributed by atoms with Crippen molar-refractivity contribution in [3.8, 4) is 11.1 Å². The Balaban J connectivity index is 1.38. The molecule has 11 heteroatoms. The highest BCUT2D eigenvalue weighted by Gasteiger charge is 2.41. The van der Waals surface area contributed by atoms with Gasteiger partial charge in [-0.2, -0.15) is 0 Å². The predicted molar refractivity (Wildman–Crippen MR) is 185 cm³/mol. The number of carboxylic acid groups (broad SMARTS) is 1. The maximum atomic E-state index is 13.8. The van der Waals surface area contributed by atoms with Crippen LogP contribution < -0.4 is 16.4 Å². The Hall–Kier alpha value is -5.03. The van der Waals surface area contributed by atoms with Gasteiger partial charge in [-0.1, -0.05) is 79.7 Å². The molecule has 0 spiro atoms. The summed E-state index contributed by atoms with van der Waals surface area (Å²) in [6, 6.07) is 23.2. The summed E-state index contributed by atoms with van der Waals surface area (Å²) in [6.45, 7) is 3.77. The third-order valence-corrected chi connectivity index (χ3v) is 9.02. The first-order valence-electron chi connectivity index (χ1n) is 16.8. The smallest absolute Gasteiger partial charge is 0.338 e. The van der Waals surface area contributed by atoms with Crippen molar-refractivity contribution in [1.82, 2.24) is 15.5 Å². The molecule has 1 heterocycles. The SMILES string of the molecule is CC[C@@](C)(NC(=O)[C@@H](N)CCCCOC(=O)c1ccccc1)C(=O)N[C@@H](Cc1ccc(-c2ccccc2)cc1)C(=O)N1CCC[C@@H]1C(=O)O. The standard InChI is InChI=1S/C38H46N4O7/c1-3-38(2,41-33(43)30(39)17-10-11-24-49-36(47)29-15-8-5-9-16-29)37(48)40-31(34(44)42-23-12-18-32(42)35(45)46)25-26-19-21-28(22-20-26)27-13-6-4-7-14-27/h4-9,13-16,19-22,30-32H,3,10-12,17-18,23-25,39H2,1-2H3,(H,40,48)(H,41,43)(H,45,46)/t30-,31-,32+,38+/m0/s1. The van der Waals surface area contributed by atoms with Gasteiger partial charge >= 0.3 is 11.9 Å².